The fraction of sp³-hybridized carbons (Fsp3) is 0.360. The first-order valence-corrected chi connectivity index (χ1v) is 12.2. The largest absolute Gasteiger partial charge is 0.408 e. The number of hydrogen-bond donors (Lipinski definition) is 2. The van der Waals surface area contributed by atoms with E-state index >= 15 is 0 Å². The normalized spacial score (nSPS) is 16.6. The maximum absolute atomic E-state index is 14.9. The van der Waals surface area contributed by atoms with Crippen molar-refractivity contribution in [3.63, 3.8) is 0 Å². The van der Waals surface area contributed by atoms with Gasteiger partial charge in [-0.3, -0.25) is 19.1 Å². The van der Waals surface area contributed by atoms with Crippen LogP contribution in [-0.2, 0) is 0 Å². The Morgan fingerprint density at radius 2 is 1.77 bits per heavy atom. The predicted octanol–water partition coefficient (Wildman–Crippen LogP) is 3.11. The molecule has 1 aromatic carbocycles. The fourth-order valence-corrected chi connectivity index (χ4v) is 4.68. The third-order valence-corrected chi connectivity index (χ3v) is 6.78. The van der Waals surface area contributed by atoms with Crippen LogP contribution in [0.3, 0.4) is 0 Å². The highest BCUT2D eigenvalue weighted by atomic mass is 19.4. The number of rotatable bonds is 7. The molecule has 40 heavy (non-hydrogen) atoms. The number of hydrogen-bond acceptors (Lipinski definition) is 5. The second-order valence-corrected chi connectivity index (χ2v) is 9.48. The van der Waals surface area contributed by atoms with E-state index in [9.17, 15) is 40.7 Å². The summed E-state index contributed by atoms with van der Waals surface area (Å²) < 4.78 is 84.7. The van der Waals surface area contributed by atoms with Crippen LogP contribution in [0.2, 0.25) is 0 Å². The molecule has 3 heterocycles. The van der Waals surface area contributed by atoms with Crippen LogP contribution in [0, 0.1) is 23.4 Å². The quantitative estimate of drug-likeness (QED) is 0.426. The molecule has 1 aliphatic heterocycles. The van der Waals surface area contributed by atoms with Crippen LogP contribution in [-0.4, -0.2) is 70.0 Å². The minimum Gasteiger partial charge on any atom is -0.395 e. The molecule has 1 saturated heterocycles. The molecule has 5 rings (SSSR count). The van der Waals surface area contributed by atoms with Crippen LogP contribution >= 0.6 is 0 Å². The summed E-state index contributed by atoms with van der Waals surface area (Å²) in [6.07, 6.45) is -3.73. The molecule has 0 spiro atoms. The number of carbonyl (C=O) groups excluding carboxylic acids is 2. The van der Waals surface area contributed by atoms with Gasteiger partial charge in [-0.15, -0.1) is 0 Å². The van der Waals surface area contributed by atoms with Crippen LogP contribution in [0.25, 0.3) is 16.7 Å². The molecule has 212 valence electrons. The number of anilines is 1. The van der Waals surface area contributed by atoms with Gasteiger partial charge in [0.05, 0.1) is 12.0 Å². The Kier molecular flexibility index (Phi) is 6.94. The van der Waals surface area contributed by atoms with E-state index in [2.05, 4.69) is 4.98 Å². The van der Waals surface area contributed by atoms with Gasteiger partial charge in [0.1, 0.15) is 28.9 Å². The van der Waals surface area contributed by atoms with Gasteiger partial charge in [-0.1, -0.05) is 0 Å². The van der Waals surface area contributed by atoms with E-state index in [1.165, 1.54) is 15.9 Å². The number of nitrogens with zero attached hydrogens (tertiary/aromatic N) is 4. The second kappa shape index (κ2) is 10.1. The van der Waals surface area contributed by atoms with E-state index in [4.69, 9.17) is 5.11 Å². The maximum atomic E-state index is 14.9. The predicted molar refractivity (Wildman–Crippen MR) is 129 cm³/mol. The summed E-state index contributed by atoms with van der Waals surface area (Å²) >= 11 is 0. The van der Waals surface area contributed by atoms with Gasteiger partial charge in [0, 0.05) is 38.0 Å². The first-order valence-electron chi connectivity index (χ1n) is 12.2. The Bertz CT molecular complexity index is 1550. The zero-order valence-corrected chi connectivity index (χ0v) is 20.5. The minimum atomic E-state index is -4.80. The molecule has 3 aromatic rings. The van der Waals surface area contributed by atoms with Crippen LogP contribution < -0.4 is 15.6 Å². The average Bonchev–Trinajstić information content (AvgIpc) is 3.65. The minimum absolute atomic E-state index is 0.0396. The number of carbonyl (C=O) groups is 2. The van der Waals surface area contributed by atoms with E-state index < -0.39 is 75.2 Å². The molecule has 3 amide bonds. The van der Waals surface area contributed by atoms with Crippen molar-refractivity contribution in [2.45, 2.75) is 25.1 Å². The number of benzene rings is 1. The van der Waals surface area contributed by atoms with Crippen LogP contribution in [0.5, 0.6) is 0 Å². The van der Waals surface area contributed by atoms with Crippen LogP contribution in [0.15, 0.2) is 35.3 Å². The zero-order valence-electron chi connectivity index (χ0n) is 20.5. The molecule has 1 unspecified atom stereocenters. The standard InChI is InChI=1S/C25H21F6N5O4/c26-13-9-16(27)19(17(28)10-13)36-11-15(23(39)33-21(12-1-2-12)25(29,30)31)20(38)14-3-4-18(32-22(14)36)35-6-5-34(7-8-37)24(35)40/h3-4,9-12,21,37H,1-2,5-8H2,(H,33,39). The number of fused-ring (bicyclic) bond motifs is 1. The van der Waals surface area contributed by atoms with Gasteiger partial charge >= 0.3 is 12.2 Å². The summed E-state index contributed by atoms with van der Waals surface area (Å²) in [5, 5.41) is 10.6. The fourth-order valence-electron chi connectivity index (χ4n) is 4.68. The number of aromatic nitrogens is 2. The Morgan fingerprint density at radius 1 is 1.10 bits per heavy atom. The topological polar surface area (TPSA) is 108 Å². The van der Waals surface area contributed by atoms with E-state index in [1.54, 1.807) is 0 Å². The molecule has 2 aliphatic rings. The summed E-state index contributed by atoms with van der Waals surface area (Å²) in [5.74, 6) is -6.49. The Labute approximate surface area is 221 Å². The van der Waals surface area contributed by atoms with Gasteiger partial charge in [-0.2, -0.15) is 13.2 Å². The maximum Gasteiger partial charge on any atom is 0.408 e. The number of β-amino-alcohol motifs (C(OH)–C–C–N with tert-alkyl or cyclic N) is 1. The zero-order chi connectivity index (χ0) is 28.9. The van der Waals surface area contributed by atoms with Gasteiger partial charge in [0.2, 0.25) is 5.43 Å². The number of nitrogens with one attached hydrogen (secondary N) is 1. The number of aliphatic hydroxyl groups is 1. The third kappa shape index (κ3) is 4.96. The van der Waals surface area contributed by atoms with E-state index in [1.807, 2.05) is 5.32 Å². The lowest BCUT2D eigenvalue weighted by molar-refractivity contribution is -0.158. The number of alkyl halides is 3. The molecule has 2 N–H and O–H groups in total. The number of amides is 3. The van der Waals surface area contributed by atoms with E-state index in [0.29, 0.717) is 22.9 Å². The second-order valence-electron chi connectivity index (χ2n) is 9.48. The highest BCUT2D eigenvalue weighted by molar-refractivity contribution is 5.98. The van der Waals surface area contributed by atoms with Crippen molar-refractivity contribution in [3.8, 4) is 5.69 Å². The highest BCUT2D eigenvalue weighted by Gasteiger charge is 2.50. The molecule has 1 aliphatic carbocycles. The Balaban J connectivity index is 1.67. The summed E-state index contributed by atoms with van der Waals surface area (Å²) in [6.45, 7) is 0.0982. The summed E-state index contributed by atoms with van der Waals surface area (Å²) in [5.41, 5.74) is -3.32. The van der Waals surface area contributed by atoms with Crippen molar-refractivity contribution in [2.24, 2.45) is 5.92 Å². The molecule has 0 bridgehead atoms. The SMILES string of the molecule is O=C(NC(C1CC1)C(F)(F)F)c1cn(-c2c(F)cc(F)cc2F)c2nc(N3CCN(CCO)C3=O)ccc2c1=O. The van der Waals surface area contributed by atoms with Crippen LogP contribution in [0.4, 0.5) is 37.0 Å². The van der Waals surface area contributed by atoms with Crippen LogP contribution in [0.1, 0.15) is 23.2 Å². The lowest BCUT2D eigenvalue weighted by atomic mass is 10.1. The first kappa shape index (κ1) is 27.4. The summed E-state index contributed by atoms with van der Waals surface area (Å²) in [6, 6.07) is 0.271. The molecule has 0 radical (unpaired) electrons. The Morgan fingerprint density at radius 3 is 2.38 bits per heavy atom. The van der Waals surface area contributed by atoms with Crippen molar-refractivity contribution in [1.82, 2.24) is 19.8 Å². The summed E-state index contributed by atoms with van der Waals surface area (Å²) in [7, 11) is 0. The number of halogens is 6. The van der Waals surface area contributed by atoms with Crippen molar-refractivity contribution in [1.29, 1.82) is 0 Å². The molecule has 1 saturated carbocycles. The van der Waals surface area contributed by atoms with E-state index in [-0.39, 0.29) is 44.9 Å². The number of aliphatic hydroxyl groups excluding tert-OH is 1. The average molecular weight is 569 g/mol. The van der Waals surface area contributed by atoms with Gasteiger partial charge in [0.25, 0.3) is 5.91 Å². The Hall–Kier alpha value is -4.14. The molecule has 2 aromatic heterocycles. The molecule has 2 fully saturated rings. The van der Waals surface area contributed by atoms with Crippen molar-refractivity contribution < 1.29 is 41.0 Å². The summed E-state index contributed by atoms with van der Waals surface area (Å²) in [4.78, 5) is 45.7. The number of pyridine rings is 2. The monoisotopic (exact) mass is 569 g/mol. The lowest BCUT2D eigenvalue weighted by Crippen LogP contribution is -2.48. The smallest absolute Gasteiger partial charge is 0.395 e. The molecule has 15 heteroatoms. The molecular formula is C25H21F6N5O4. The van der Waals surface area contributed by atoms with Crippen molar-refractivity contribution >= 4 is 28.8 Å². The van der Waals surface area contributed by atoms with Gasteiger partial charge in [-0.05, 0) is 30.9 Å². The van der Waals surface area contributed by atoms with Crippen molar-refractivity contribution in [2.75, 3.05) is 31.1 Å². The van der Waals surface area contributed by atoms with E-state index in [0.717, 1.165) is 6.07 Å². The lowest BCUT2D eigenvalue weighted by Gasteiger charge is -2.22. The highest BCUT2D eigenvalue weighted by Crippen LogP contribution is 2.40. The van der Waals surface area contributed by atoms with Gasteiger partial charge < -0.3 is 15.3 Å². The molecule has 1 atom stereocenters. The molecular weight excluding hydrogens is 548 g/mol. The first-order chi connectivity index (χ1) is 18.9. The van der Waals surface area contributed by atoms with Gasteiger partial charge in [-0.25, -0.2) is 22.9 Å². The number of urea groups is 1. The van der Waals surface area contributed by atoms with Gasteiger partial charge in [0.15, 0.2) is 17.3 Å². The molecule has 9 nitrogen and oxygen atoms in total. The van der Waals surface area contributed by atoms with Crippen molar-refractivity contribution in [3.05, 3.63) is 63.7 Å². The third-order valence-electron chi connectivity index (χ3n) is 6.78.